The SMILES string of the molecule is NNc1ncc([N+](=O)[O-])c(OCC2CCCCC2)n1. The summed E-state index contributed by atoms with van der Waals surface area (Å²) in [5, 5.41) is 10.9. The van der Waals surface area contributed by atoms with Crippen molar-refractivity contribution in [2.45, 2.75) is 32.1 Å². The van der Waals surface area contributed by atoms with Crippen LogP contribution in [-0.4, -0.2) is 21.5 Å². The first kappa shape index (κ1) is 13.5. The lowest BCUT2D eigenvalue weighted by Gasteiger charge is -2.21. The number of rotatable bonds is 5. The van der Waals surface area contributed by atoms with E-state index in [1.165, 1.54) is 19.3 Å². The first-order valence-corrected chi connectivity index (χ1v) is 6.31. The fourth-order valence-electron chi connectivity index (χ4n) is 2.21. The molecule has 0 unspecified atom stereocenters. The van der Waals surface area contributed by atoms with E-state index in [-0.39, 0.29) is 17.5 Å². The molecule has 1 fully saturated rings. The third kappa shape index (κ3) is 3.50. The number of nitrogens with two attached hydrogens (primary N) is 1. The molecule has 0 saturated heterocycles. The summed E-state index contributed by atoms with van der Waals surface area (Å²) in [7, 11) is 0. The van der Waals surface area contributed by atoms with Crippen LogP contribution in [0.2, 0.25) is 0 Å². The number of nitrogen functional groups attached to an aromatic ring is 1. The van der Waals surface area contributed by atoms with Gasteiger partial charge in [0, 0.05) is 0 Å². The minimum atomic E-state index is -0.559. The van der Waals surface area contributed by atoms with Gasteiger partial charge in [0.15, 0.2) is 0 Å². The van der Waals surface area contributed by atoms with E-state index in [1.807, 2.05) is 0 Å². The molecule has 8 nitrogen and oxygen atoms in total. The topological polar surface area (TPSA) is 116 Å². The van der Waals surface area contributed by atoms with Crippen LogP contribution in [-0.2, 0) is 0 Å². The summed E-state index contributed by atoms with van der Waals surface area (Å²) in [6.45, 7) is 0.446. The van der Waals surface area contributed by atoms with Gasteiger partial charge in [0.05, 0.1) is 11.5 Å². The van der Waals surface area contributed by atoms with Gasteiger partial charge in [-0.2, -0.15) is 4.98 Å². The zero-order chi connectivity index (χ0) is 13.7. The first-order chi connectivity index (χ1) is 9.20. The fourth-order valence-corrected chi connectivity index (χ4v) is 2.21. The Balaban J connectivity index is 2.06. The molecule has 1 heterocycles. The number of ether oxygens (including phenoxy) is 1. The third-order valence-corrected chi connectivity index (χ3v) is 3.24. The van der Waals surface area contributed by atoms with Crippen LogP contribution in [0.25, 0.3) is 0 Å². The van der Waals surface area contributed by atoms with Crippen LogP contribution in [0, 0.1) is 16.0 Å². The lowest BCUT2D eigenvalue weighted by Crippen LogP contribution is -2.17. The van der Waals surface area contributed by atoms with Gasteiger partial charge in [-0.3, -0.25) is 15.5 Å². The van der Waals surface area contributed by atoms with Crippen LogP contribution < -0.4 is 16.0 Å². The highest BCUT2D eigenvalue weighted by Crippen LogP contribution is 2.28. The molecule has 0 aromatic carbocycles. The van der Waals surface area contributed by atoms with E-state index in [1.54, 1.807) is 0 Å². The molecule has 1 aromatic heterocycles. The van der Waals surface area contributed by atoms with Crippen LogP contribution in [0.5, 0.6) is 5.88 Å². The smallest absolute Gasteiger partial charge is 0.349 e. The lowest BCUT2D eigenvalue weighted by molar-refractivity contribution is -0.386. The van der Waals surface area contributed by atoms with Crippen molar-refractivity contribution in [2.24, 2.45) is 11.8 Å². The van der Waals surface area contributed by atoms with Gasteiger partial charge in [-0.15, -0.1) is 0 Å². The third-order valence-electron chi connectivity index (χ3n) is 3.24. The van der Waals surface area contributed by atoms with Crippen molar-refractivity contribution in [3.8, 4) is 5.88 Å². The van der Waals surface area contributed by atoms with Gasteiger partial charge >= 0.3 is 5.69 Å². The van der Waals surface area contributed by atoms with Gasteiger partial charge < -0.3 is 4.74 Å². The summed E-state index contributed by atoms with van der Waals surface area (Å²) >= 11 is 0. The summed E-state index contributed by atoms with van der Waals surface area (Å²) in [5.74, 6) is 5.70. The molecule has 104 valence electrons. The van der Waals surface area contributed by atoms with E-state index < -0.39 is 4.92 Å². The maximum atomic E-state index is 10.9. The van der Waals surface area contributed by atoms with Gasteiger partial charge in [-0.25, -0.2) is 10.8 Å². The number of nitrogens with one attached hydrogen (secondary N) is 1. The van der Waals surface area contributed by atoms with Crippen LogP contribution in [0.4, 0.5) is 11.6 Å². The lowest BCUT2D eigenvalue weighted by atomic mass is 9.90. The molecule has 2 rings (SSSR count). The molecule has 1 saturated carbocycles. The Morgan fingerprint density at radius 2 is 2.21 bits per heavy atom. The highest BCUT2D eigenvalue weighted by atomic mass is 16.6. The second-order valence-corrected chi connectivity index (χ2v) is 4.60. The maximum absolute atomic E-state index is 10.9. The average molecular weight is 267 g/mol. The van der Waals surface area contributed by atoms with Gasteiger partial charge in [-0.05, 0) is 18.8 Å². The van der Waals surface area contributed by atoms with Gasteiger partial charge in [0.25, 0.3) is 5.88 Å². The summed E-state index contributed by atoms with van der Waals surface area (Å²) < 4.78 is 5.49. The first-order valence-electron chi connectivity index (χ1n) is 6.31. The molecule has 19 heavy (non-hydrogen) atoms. The van der Waals surface area contributed by atoms with E-state index in [4.69, 9.17) is 10.6 Å². The molecule has 1 aliphatic carbocycles. The zero-order valence-corrected chi connectivity index (χ0v) is 10.5. The minimum absolute atomic E-state index is 0.0291. The number of hydrazine groups is 1. The quantitative estimate of drug-likeness (QED) is 0.473. The number of hydrogen-bond acceptors (Lipinski definition) is 7. The molecule has 0 atom stereocenters. The van der Waals surface area contributed by atoms with Crippen LogP contribution in [0.1, 0.15) is 32.1 Å². The zero-order valence-electron chi connectivity index (χ0n) is 10.5. The minimum Gasteiger partial charge on any atom is -0.472 e. The highest BCUT2D eigenvalue weighted by molar-refractivity contribution is 5.42. The molecule has 0 bridgehead atoms. The van der Waals surface area contributed by atoms with Crippen molar-refractivity contribution < 1.29 is 9.66 Å². The van der Waals surface area contributed by atoms with Crippen LogP contribution >= 0.6 is 0 Å². The number of aromatic nitrogens is 2. The van der Waals surface area contributed by atoms with Crippen molar-refractivity contribution in [1.82, 2.24) is 9.97 Å². The summed E-state index contributed by atoms with van der Waals surface area (Å²) in [5.41, 5.74) is 2.01. The molecule has 8 heteroatoms. The van der Waals surface area contributed by atoms with Crippen molar-refractivity contribution >= 4 is 11.6 Å². The maximum Gasteiger partial charge on any atom is 0.349 e. The van der Waals surface area contributed by atoms with E-state index in [9.17, 15) is 10.1 Å². The monoisotopic (exact) mass is 267 g/mol. The predicted molar refractivity (Wildman–Crippen MR) is 68.6 cm³/mol. The summed E-state index contributed by atoms with van der Waals surface area (Å²) in [6.07, 6.45) is 6.93. The number of anilines is 1. The average Bonchev–Trinajstić information content (AvgIpc) is 2.45. The Bertz CT molecular complexity index is 448. The number of hydrogen-bond donors (Lipinski definition) is 2. The second kappa shape index (κ2) is 6.28. The summed E-state index contributed by atoms with van der Waals surface area (Å²) in [6, 6.07) is 0. The van der Waals surface area contributed by atoms with E-state index in [2.05, 4.69) is 15.4 Å². The van der Waals surface area contributed by atoms with Crippen molar-refractivity contribution in [3.63, 3.8) is 0 Å². The predicted octanol–water partition coefficient (Wildman–Crippen LogP) is 1.63. The van der Waals surface area contributed by atoms with E-state index >= 15 is 0 Å². The molecule has 1 aliphatic rings. The van der Waals surface area contributed by atoms with Crippen molar-refractivity contribution in [1.29, 1.82) is 0 Å². The number of nitro groups is 1. The summed E-state index contributed by atoms with van der Waals surface area (Å²) in [4.78, 5) is 17.9. The van der Waals surface area contributed by atoms with Gasteiger partial charge in [0.2, 0.25) is 5.95 Å². The van der Waals surface area contributed by atoms with Gasteiger partial charge in [0.1, 0.15) is 6.20 Å². The highest BCUT2D eigenvalue weighted by Gasteiger charge is 2.21. The Morgan fingerprint density at radius 3 is 2.84 bits per heavy atom. The Morgan fingerprint density at radius 1 is 1.47 bits per heavy atom. The Hall–Kier alpha value is -1.96. The van der Waals surface area contributed by atoms with Crippen LogP contribution in [0.3, 0.4) is 0 Å². The van der Waals surface area contributed by atoms with Crippen molar-refractivity contribution in [2.75, 3.05) is 12.0 Å². The Kier molecular flexibility index (Phi) is 4.45. The molecular weight excluding hydrogens is 250 g/mol. The van der Waals surface area contributed by atoms with Crippen molar-refractivity contribution in [3.05, 3.63) is 16.3 Å². The largest absolute Gasteiger partial charge is 0.472 e. The van der Waals surface area contributed by atoms with Crippen LogP contribution in [0.15, 0.2) is 6.20 Å². The second-order valence-electron chi connectivity index (χ2n) is 4.60. The molecule has 3 N–H and O–H groups in total. The molecule has 1 aromatic rings. The molecule has 0 radical (unpaired) electrons. The Labute approximate surface area is 110 Å². The number of nitrogens with zero attached hydrogens (tertiary/aromatic N) is 3. The molecule has 0 amide bonds. The fraction of sp³-hybridized carbons (Fsp3) is 0.636. The normalized spacial score (nSPS) is 16.1. The molecule has 0 aliphatic heterocycles. The standard InChI is InChI=1S/C11H17N5O3/c12-15-11-13-6-9(16(17)18)10(14-11)19-7-8-4-2-1-3-5-8/h6,8H,1-5,7,12H2,(H,13,14,15). The molecule has 0 spiro atoms. The van der Waals surface area contributed by atoms with Gasteiger partial charge in [-0.1, -0.05) is 19.3 Å². The van der Waals surface area contributed by atoms with E-state index in [0.717, 1.165) is 19.0 Å². The van der Waals surface area contributed by atoms with E-state index in [0.29, 0.717) is 12.5 Å². The molecular formula is C11H17N5O3.